The third kappa shape index (κ3) is 4.75. The highest BCUT2D eigenvalue weighted by atomic mass is 16.3. The number of aliphatic hydroxyl groups is 1. The Morgan fingerprint density at radius 1 is 1.07 bits per heavy atom. The molecule has 0 radical (unpaired) electrons. The fourth-order valence-corrected chi connectivity index (χ4v) is 5.54. The van der Waals surface area contributed by atoms with Crippen molar-refractivity contribution in [3.63, 3.8) is 0 Å². The number of aryl methyl sites for hydroxylation is 1. The smallest absolute Gasteiger partial charge is 0.115 e. The number of benzene rings is 1. The molecular formula is C26H44O2. The Balaban J connectivity index is 0.000000304. The molecule has 2 heteroatoms. The number of hydrogen-bond donors (Lipinski definition) is 2. The summed E-state index contributed by atoms with van der Waals surface area (Å²) in [6, 6.07) is 5.96. The second-order valence-corrected chi connectivity index (χ2v) is 10.4. The van der Waals surface area contributed by atoms with Crippen LogP contribution in [0.2, 0.25) is 0 Å². The molecule has 5 unspecified atom stereocenters. The summed E-state index contributed by atoms with van der Waals surface area (Å²) in [6.07, 6.45) is 8.05. The third-order valence-electron chi connectivity index (χ3n) is 7.72. The van der Waals surface area contributed by atoms with Gasteiger partial charge in [0.1, 0.15) is 5.75 Å². The van der Waals surface area contributed by atoms with Crippen molar-refractivity contribution in [1.29, 1.82) is 0 Å². The first-order valence-corrected chi connectivity index (χ1v) is 11.7. The van der Waals surface area contributed by atoms with Crippen LogP contribution in [-0.2, 0) is 6.42 Å². The number of fused-ring (bicyclic) bond motifs is 5. The zero-order chi connectivity index (χ0) is 21.1. The normalized spacial score (nSPS) is 33.3. The van der Waals surface area contributed by atoms with Crippen molar-refractivity contribution in [1.82, 2.24) is 0 Å². The minimum atomic E-state index is -0.0883. The van der Waals surface area contributed by atoms with E-state index in [-0.39, 0.29) is 11.5 Å². The van der Waals surface area contributed by atoms with Gasteiger partial charge in [0, 0.05) is 0 Å². The Kier molecular flexibility index (Phi) is 7.64. The van der Waals surface area contributed by atoms with Crippen LogP contribution in [0, 0.1) is 22.7 Å². The largest absolute Gasteiger partial charge is 0.508 e. The van der Waals surface area contributed by atoms with Crippen LogP contribution >= 0.6 is 0 Å². The molecule has 0 saturated heterocycles. The van der Waals surface area contributed by atoms with Gasteiger partial charge < -0.3 is 10.2 Å². The third-order valence-corrected chi connectivity index (χ3v) is 7.72. The SMILES string of the molecule is CC.CC12CCC3c4ccc(O)cc4CCC3C1CCC2O.CCC(C)(C)C. The second kappa shape index (κ2) is 9.20. The summed E-state index contributed by atoms with van der Waals surface area (Å²) in [7, 11) is 0. The average Bonchev–Trinajstić information content (AvgIpc) is 2.98. The van der Waals surface area contributed by atoms with E-state index < -0.39 is 0 Å². The zero-order valence-electron chi connectivity index (χ0n) is 19.4. The molecule has 3 aliphatic rings. The number of rotatable bonds is 0. The summed E-state index contributed by atoms with van der Waals surface area (Å²) in [5, 5.41) is 20.0. The Morgan fingerprint density at radius 3 is 2.32 bits per heavy atom. The Morgan fingerprint density at radius 2 is 1.71 bits per heavy atom. The van der Waals surface area contributed by atoms with Crippen molar-refractivity contribution in [2.24, 2.45) is 22.7 Å². The van der Waals surface area contributed by atoms with Crippen LogP contribution in [0.5, 0.6) is 5.75 Å². The van der Waals surface area contributed by atoms with Gasteiger partial charge in [0.25, 0.3) is 0 Å². The van der Waals surface area contributed by atoms with Crippen LogP contribution in [0.1, 0.15) is 104 Å². The zero-order valence-corrected chi connectivity index (χ0v) is 19.4. The summed E-state index contributed by atoms with van der Waals surface area (Å²) in [6.45, 7) is 15.3. The Bertz CT molecular complexity index is 630. The maximum Gasteiger partial charge on any atom is 0.115 e. The highest BCUT2D eigenvalue weighted by Gasteiger charge is 2.54. The van der Waals surface area contributed by atoms with Crippen LogP contribution in [0.25, 0.3) is 0 Å². The van der Waals surface area contributed by atoms with Gasteiger partial charge in [0.2, 0.25) is 0 Å². The van der Waals surface area contributed by atoms with Crippen molar-refractivity contribution in [2.45, 2.75) is 105 Å². The van der Waals surface area contributed by atoms with Crippen molar-refractivity contribution in [2.75, 3.05) is 0 Å². The molecule has 4 rings (SSSR count). The van der Waals surface area contributed by atoms with Crippen LogP contribution in [0.3, 0.4) is 0 Å². The Hall–Kier alpha value is -1.02. The molecule has 2 saturated carbocycles. The molecule has 0 heterocycles. The van der Waals surface area contributed by atoms with E-state index in [4.69, 9.17) is 0 Å². The number of hydrogen-bond acceptors (Lipinski definition) is 2. The predicted octanol–water partition coefficient (Wildman–Crippen LogP) is 7.08. The van der Waals surface area contributed by atoms with E-state index in [9.17, 15) is 10.2 Å². The van der Waals surface area contributed by atoms with Crippen molar-refractivity contribution in [3.05, 3.63) is 29.3 Å². The first-order valence-electron chi connectivity index (χ1n) is 11.7. The molecule has 0 bridgehead atoms. The lowest BCUT2D eigenvalue weighted by Crippen LogP contribution is -2.43. The lowest BCUT2D eigenvalue weighted by molar-refractivity contribution is -0.0226. The molecule has 2 N–H and O–H groups in total. The number of aromatic hydroxyl groups is 1. The van der Waals surface area contributed by atoms with Gasteiger partial charge in [-0.1, -0.05) is 61.0 Å². The number of phenols is 1. The fourth-order valence-electron chi connectivity index (χ4n) is 5.54. The summed E-state index contributed by atoms with van der Waals surface area (Å²) < 4.78 is 0. The maximum atomic E-state index is 10.4. The molecular weight excluding hydrogens is 344 g/mol. The second-order valence-electron chi connectivity index (χ2n) is 10.4. The highest BCUT2D eigenvalue weighted by Crippen LogP contribution is 2.60. The number of aliphatic hydroxyl groups excluding tert-OH is 1. The first kappa shape index (κ1) is 23.3. The summed E-state index contributed by atoms with van der Waals surface area (Å²) in [5.74, 6) is 2.49. The van der Waals surface area contributed by atoms with Crippen molar-refractivity contribution in [3.8, 4) is 5.75 Å². The molecule has 5 atom stereocenters. The van der Waals surface area contributed by atoms with Crippen LogP contribution in [0.15, 0.2) is 18.2 Å². The van der Waals surface area contributed by atoms with E-state index in [0.717, 1.165) is 25.2 Å². The molecule has 160 valence electrons. The van der Waals surface area contributed by atoms with Gasteiger partial charge in [-0.05, 0) is 90.4 Å². The van der Waals surface area contributed by atoms with Gasteiger partial charge in [-0.3, -0.25) is 0 Å². The molecule has 28 heavy (non-hydrogen) atoms. The van der Waals surface area contributed by atoms with Gasteiger partial charge >= 0.3 is 0 Å². The summed E-state index contributed by atoms with van der Waals surface area (Å²) in [5.41, 5.74) is 3.53. The molecule has 0 spiro atoms. The molecule has 3 aliphatic carbocycles. The monoisotopic (exact) mass is 388 g/mol. The standard InChI is InChI=1S/C18H24O2.C6H14.C2H6/c1-18-9-8-14-13-5-3-12(19)10-11(13)2-4-15(14)16(18)6-7-17(18)20;1-5-6(2,3)4;1-2/h3,5,10,14-17,19-20H,2,4,6-9H2,1H3;5H2,1-4H3;1-2H3. The van der Waals surface area contributed by atoms with Gasteiger partial charge in [0.15, 0.2) is 0 Å². The van der Waals surface area contributed by atoms with Crippen molar-refractivity contribution < 1.29 is 10.2 Å². The molecule has 2 fully saturated rings. The topological polar surface area (TPSA) is 40.5 Å². The van der Waals surface area contributed by atoms with E-state index in [1.165, 1.54) is 36.8 Å². The van der Waals surface area contributed by atoms with Crippen molar-refractivity contribution >= 4 is 0 Å². The molecule has 0 amide bonds. The Labute approximate surface area is 173 Å². The minimum absolute atomic E-state index is 0.0883. The van der Waals surface area contributed by atoms with E-state index in [1.807, 2.05) is 26.0 Å². The van der Waals surface area contributed by atoms with E-state index in [2.05, 4.69) is 40.7 Å². The maximum absolute atomic E-state index is 10.4. The fraction of sp³-hybridized carbons (Fsp3) is 0.769. The molecule has 0 aliphatic heterocycles. The van der Waals surface area contributed by atoms with E-state index in [0.29, 0.717) is 23.0 Å². The van der Waals surface area contributed by atoms with E-state index >= 15 is 0 Å². The highest BCUT2D eigenvalue weighted by molar-refractivity contribution is 5.40. The average molecular weight is 389 g/mol. The summed E-state index contributed by atoms with van der Waals surface area (Å²) in [4.78, 5) is 0. The van der Waals surface area contributed by atoms with Crippen LogP contribution in [0.4, 0.5) is 0 Å². The first-order chi connectivity index (χ1) is 13.2. The molecule has 2 nitrogen and oxygen atoms in total. The number of phenolic OH excluding ortho intramolecular Hbond substituents is 1. The quantitative estimate of drug-likeness (QED) is 0.498. The lowest BCUT2D eigenvalue weighted by atomic mass is 9.55. The summed E-state index contributed by atoms with van der Waals surface area (Å²) >= 11 is 0. The molecule has 1 aromatic rings. The molecule has 0 aromatic heterocycles. The predicted molar refractivity (Wildman–Crippen MR) is 120 cm³/mol. The molecule has 1 aromatic carbocycles. The minimum Gasteiger partial charge on any atom is -0.508 e. The van der Waals surface area contributed by atoms with Gasteiger partial charge in [-0.25, -0.2) is 0 Å². The van der Waals surface area contributed by atoms with E-state index in [1.54, 1.807) is 0 Å². The van der Waals surface area contributed by atoms with Crippen LogP contribution in [-0.4, -0.2) is 16.3 Å². The lowest BCUT2D eigenvalue weighted by Gasteiger charge is -2.50. The van der Waals surface area contributed by atoms with Gasteiger partial charge in [-0.15, -0.1) is 0 Å². The van der Waals surface area contributed by atoms with Gasteiger partial charge in [-0.2, -0.15) is 0 Å². The van der Waals surface area contributed by atoms with Crippen LogP contribution < -0.4 is 0 Å². The van der Waals surface area contributed by atoms with Gasteiger partial charge in [0.05, 0.1) is 6.10 Å².